The van der Waals surface area contributed by atoms with Gasteiger partial charge < -0.3 is 11.1 Å². The first kappa shape index (κ1) is 12.1. The number of hydrogen-bond donors (Lipinski definition) is 2. The molecule has 0 rings (SSSR count). The van der Waals surface area contributed by atoms with Gasteiger partial charge in [0, 0.05) is 18.4 Å². The molecule has 0 aliphatic rings. The largest absolute Gasteiger partial charge is 0.402 e. The lowest BCUT2D eigenvalue weighted by molar-refractivity contribution is 0.658. The van der Waals surface area contributed by atoms with Crippen LogP contribution in [0.5, 0.6) is 0 Å². The summed E-state index contributed by atoms with van der Waals surface area (Å²) in [5, 5.41) is 3.16. The minimum atomic E-state index is 0.689. The van der Waals surface area contributed by atoms with Crippen molar-refractivity contribution in [1.82, 2.24) is 5.32 Å². The van der Waals surface area contributed by atoms with Crippen LogP contribution in [0.1, 0.15) is 34.1 Å². The van der Waals surface area contributed by atoms with Crippen molar-refractivity contribution in [1.29, 1.82) is 0 Å². The van der Waals surface area contributed by atoms with Gasteiger partial charge >= 0.3 is 0 Å². The first-order valence-corrected chi connectivity index (χ1v) is 4.80. The average Bonchev–Trinajstić information content (AvgIpc) is 2.04. The van der Waals surface area contributed by atoms with Gasteiger partial charge in [0.15, 0.2) is 0 Å². The van der Waals surface area contributed by atoms with Gasteiger partial charge in [-0.2, -0.15) is 0 Å². The number of likely N-dealkylation sites (N-methyl/N-ethyl adjacent to an activating group) is 1. The zero-order valence-electron chi connectivity index (χ0n) is 9.44. The molecule has 0 radical (unpaired) electrons. The van der Waals surface area contributed by atoms with Crippen molar-refractivity contribution in [2.45, 2.75) is 34.1 Å². The Morgan fingerprint density at radius 1 is 1.38 bits per heavy atom. The third-order valence-electron chi connectivity index (χ3n) is 2.06. The Bertz CT molecular complexity index is 208. The maximum Gasteiger partial charge on any atom is 0.0344 e. The van der Waals surface area contributed by atoms with Gasteiger partial charge in [-0.3, -0.25) is 0 Å². The second kappa shape index (κ2) is 5.68. The van der Waals surface area contributed by atoms with Crippen molar-refractivity contribution in [2.75, 3.05) is 7.05 Å². The van der Waals surface area contributed by atoms with Crippen molar-refractivity contribution in [3.05, 3.63) is 23.0 Å². The van der Waals surface area contributed by atoms with E-state index < -0.39 is 0 Å². The second-order valence-electron chi connectivity index (χ2n) is 3.81. The summed E-state index contributed by atoms with van der Waals surface area (Å²) in [6.07, 6.45) is 3.29. The molecule has 76 valence electrons. The number of hydrogen-bond acceptors (Lipinski definition) is 2. The summed E-state index contributed by atoms with van der Waals surface area (Å²) < 4.78 is 0. The number of allylic oxidation sites excluding steroid dienone is 3. The van der Waals surface area contributed by atoms with Gasteiger partial charge in [-0.25, -0.2) is 0 Å². The zero-order valence-corrected chi connectivity index (χ0v) is 9.44. The number of nitrogens with two attached hydrogens (primary N) is 1. The minimum Gasteiger partial charge on any atom is -0.402 e. The van der Waals surface area contributed by atoms with Gasteiger partial charge in [-0.1, -0.05) is 19.9 Å². The van der Waals surface area contributed by atoms with Crippen LogP contribution < -0.4 is 11.1 Å². The molecule has 0 atom stereocenters. The summed E-state index contributed by atoms with van der Waals surface area (Å²) in [4.78, 5) is 0. The van der Waals surface area contributed by atoms with Crippen LogP contribution in [0.25, 0.3) is 0 Å². The lowest BCUT2D eigenvalue weighted by Gasteiger charge is -2.10. The number of nitrogens with one attached hydrogen (secondary N) is 1. The van der Waals surface area contributed by atoms with E-state index in [-0.39, 0.29) is 0 Å². The maximum atomic E-state index is 5.72. The first-order chi connectivity index (χ1) is 5.99. The van der Waals surface area contributed by atoms with Crippen LogP contribution in [0.15, 0.2) is 23.0 Å². The third-order valence-corrected chi connectivity index (χ3v) is 2.06. The summed E-state index contributed by atoms with van der Waals surface area (Å²) >= 11 is 0. The smallest absolute Gasteiger partial charge is 0.0344 e. The summed E-state index contributed by atoms with van der Waals surface area (Å²) in [7, 11) is 1.93. The lowest BCUT2D eigenvalue weighted by Crippen LogP contribution is -2.11. The Morgan fingerprint density at radius 3 is 2.23 bits per heavy atom. The van der Waals surface area contributed by atoms with Crippen LogP contribution in [0.3, 0.4) is 0 Å². The highest BCUT2D eigenvalue weighted by atomic mass is 14.8. The fourth-order valence-electron chi connectivity index (χ4n) is 1.01. The quantitative estimate of drug-likeness (QED) is 0.655. The molecule has 0 spiro atoms. The summed E-state index contributed by atoms with van der Waals surface area (Å²) in [5.41, 5.74) is 8.89. The van der Waals surface area contributed by atoms with E-state index in [4.69, 9.17) is 5.73 Å². The molecule has 2 heteroatoms. The van der Waals surface area contributed by atoms with Crippen LogP contribution in [-0.2, 0) is 0 Å². The van der Waals surface area contributed by atoms with Gasteiger partial charge in [0.25, 0.3) is 0 Å². The van der Waals surface area contributed by atoms with E-state index in [1.54, 1.807) is 0 Å². The van der Waals surface area contributed by atoms with Gasteiger partial charge in [0.1, 0.15) is 0 Å². The Morgan fingerprint density at radius 2 is 1.92 bits per heavy atom. The van der Waals surface area contributed by atoms with Gasteiger partial charge in [0.05, 0.1) is 0 Å². The van der Waals surface area contributed by atoms with E-state index in [1.807, 2.05) is 20.9 Å². The minimum absolute atomic E-state index is 0.689. The zero-order chi connectivity index (χ0) is 10.4. The molecule has 0 fully saturated rings. The lowest BCUT2D eigenvalue weighted by atomic mass is 10.1. The molecule has 13 heavy (non-hydrogen) atoms. The molecular formula is C11H22N2. The van der Waals surface area contributed by atoms with Crippen molar-refractivity contribution in [3.63, 3.8) is 0 Å². The summed E-state index contributed by atoms with van der Waals surface area (Å²) in [6.45, 7) is 8.38. The molecule has 0 aliphatic heterocycles. The van der Waals surface area contributed by atoms with Crippen LogP contribution in [0.4, 0.5) is 0 Å². The standard InChI is InChI=1S/C11H22N2/c1-8(2)6-7-11(13-5)9(3)10(4)12/h7-8,13H,6,12H2,1-5H3/b10-9+,11-7+. The molecule has 0 heterocycles. The predicted molar refractivity (Wildman–Crippen MR) is 59.2 cm³/mol. The molecule has 0 saturated carbocycles. The van der Waals surface area contributed by atoms with E-state index in [9.17, 15) is 0 Å². The van der Waals surface area contributed by atoms with Gasteiger partial charge in [-0.15, -0.1) is 0 Å². The number of rotatable bonds is 4. The molecule has 0 amide bonds. The molecule has 0 aromatic carbocycles. The topological polar surface area (TPSA) is 38.0 Å². The van der Waals surface area contributed by atoms with E-state index in [0.717, 1.165) is 23.4 Å². The summed E-state index contributed by atoms with van der Waals surface area (Å²) in [6, 6.07) is 0. The predicted octanol–water partition coefficient (Wildman–Crippen LogP) is 2.39. The third kappa shape index (κ3) is 4.61. The van der Waals surface area contributed by atoms with E-state index in [0.29, 0.717) is 5.92 Å². The molecule has 0 aliphatic carbocycles. The van der Waals surface area contributed by atoms with Gasteiger partial charge in [-0.05, 0) is 31.8 Å². The Labute approximate surface area is 81.9 Å². The highest BCUT2D eigenvalue weighted by Gasteiger charge is 1.99. The summed E-state index contributed by atoms with van der Waals surface area (Å²) in [5.74, 6) is 0.689. The normalized spacial score (nSPS) is 14.5. The van der Waals surface area contributed by atoms with Crippen molar-refractivity contribution in [2.24, 2.45) is 11.7 Å². The molecule has 0 saturated heterocycles. The molecule has 2 nitrogen and oxygen atoms in total. The molecule has 0 aromatic heterocycles. The van der Waals surface area contributed by atoms with Crippen LogP contribution in [-0.4, -0.2) is 7.05 Å². The van der Waals surface area contributed by atoms with Crippen molar-refractivity contribution >= 4 is 0 Å². The van der Waals surface area contributed by atoms with Crippen LogP contribution in [0.2, 0.25) is 0 Å². The van der Waals surface area contributed by atoms with Crippen molar-refractivity contribution < 1.29 is 0 Å². The molecular weight excluding hydrogens is 160 g/mol. The Balaban J connectivity index is 4.51. The fraction of sp³-hybridized carbons (Fsp3) is 0.636. The molecule has 0 bridgehead atoms. The molecule has 0 unspecified atom stereocenters. The molecule has 3 N–H and O–H groups in total. The van der Waals surface area contributed by atoms with E-state index >= 15 is 0 Å². The maximum absolute atomic E-state index is 5.72. The first-order valence-electron chi connectivity index (χ1n) is 4.80. The monoisotopic (exact) mass is 182 g/mol. The van der Waals surface area contributed by atoms with Crippen LogP contribution >= 0.6 is 0 Å². The van der Waals surface area contributed by atoms with E-state index in [1.165, 1.54) is 0 Å². The van der Waals surface area contributed by atoms with Gasteiger partial charge in [0.2, 0.25) is 0 Å². The highest BCUT2D eigenvalue weighted by Crippen LogP contribution is 2.11. The molecule has 0 aromatic rings. The Hall–Kier alpha value is -0.920. The Kier molecular flexibility index (Phi) is 5.28. The SMILES string of the molecule is CNC(=C/CC(C)C)/C(C)=C(\C)N. The van der Waals surface area contributed by atoms with Crippen LogP contribution in [0, 0.1) is 5.92 Å². The highest BCUT2D eigenvalue weighted by molar-refractivity contribution is 5.30. The average molecular weight is 182 g/mol. The van der Waals surface area contributed by atoms with E-state index in [2.05, 4.69) is 25.2 Å². The van der Waals surface area contributed by atoms with Crippen molar-refractivity contribution in [3.8, 4) is 0 Å². The second-order valence-corrected chi connectivity index (χ2v) is 3.81. The fourth-order valence-corrected chi connectivity index (χ4v) is 1.01.